The number of halogens is 2. The SMILES string of the molecule is COC(=O)[C@H]1CCCCN1C(=O)c1cc(Cl)sc1Cl. The number of methoxy groups -OCH3 is 1. The molecule has 0 bridgehead atoms. The quantitative estimate of drug-likeness (QED) is 0.786. The predicted molar refractivity (Wildman–Crippen MR) is 75.0 cm³/mol. The molecule has 1 amide bonds. The molecule has 1 aliphatic rings. The molecular weight excluding hydrogens is 309 g/mol. The highest BCUT2D eigenvalue weighted by Crippen LogP contribution is 2.33. The Hall–Kier alpha value is -0.780. The molecule has 0 spiro atoms. The maximum absolute atomic E-state index is 12.4. The molecule has 7 heteroatoms. The fourth-order valence-electron chi connectivity index (χ4n) is 2.20. The minimum absolute atomic E-state index is 0.261. The molecule has 4 nitrogen and oxygen atoms in total. The van der Waals surface area contributed by atoms with E-state index in [0.29, 0.717) is 27.2 Å². The Morgan fingerprint density at radius 3 is 2.74 bits per heavy atom. The summed E-state index contributed by atoms with van der Waals surface area (Å²) in [6.07, 6.45) is 2.39. The summed E-state index contributed by atoms with van der Waals surface area (Å²) in [5.74, 6) is -0.645. The van der Waals surface area contributed by atoms with Crippen LogP contribution in [0, 0.1) is 0 Å². The van der Waals surface area contributed by atoms with Gasteiger partial charge in [0.05, 0.1) is 17.0 Å². The smallest absolute Gasteiger partial charge is 0.328 e. The maximum atomic E-state index is 12.4. The summed E-state index contributed by atoms with van der Waals surface area (Å²) in [4.78, 5) is 25.7. The second-order valence-corrected chi connectivity index (χ2v) is 6.56. The van der Waals surface area contributed by atoms with Gasteiger partial charge in [-0.15, -0.1) is 11.3 Å². The van der Waals surface area contributed by atoms with E-state index in [0.717, 1.165) is 24.2 Å². The van der Waals surface area contributed by atoms with E-state index in [1.54, 1.807) is 6.07 Å². The minimum atomic E-state index is -0.527. The summed E-state index contributed by atoms with van der Waals surface area (Å²) in [6, 6.07) is 1.01. The molecule has 2 rings (SSSR count). The van der Waals surface area contributed by atoms with E-state index in [9.17, 15) is 9.59 Å². The third-order valence-corrected chi connectivity index (χ3v) is 4.61. The van der Waals surface area contributed by atoms with Gasteiger partial charge in [-0.1, -0.05) is 23.2 Å². The van der Waals surface area contributed by atoms with E-state index in [4.69, 9.17) is 27.9 Å². The zero-order valence-electron chi connectivity index (χ0n) is 10.3. The van der Waals surface area contributed by atoms with Crippen LogP contribution >= 0.6 is 34.5 Å². The summed E-state index contributed by atoms with van der Waals surface area (Å²) >= 11 is 13.0. The van der Waals surface area contributed by atoms with Crippen molar-refractivity contribution >= 4 is 46.4 Å². The van der Waals surface area contributed by atoms with E-state index >= 15 is 0 Å². The highest BCUT2D eigenvalue weighted by molar-refractivity contribution is 7.20. The molecule has 1 aromatic heterocycles. The number of likely N-dealkylation sites (tertiary alicyclic amines) is 1. The highest BCUT2D eigenvalue weighted by atomic mass is 35.5. The lowest BCUT2D eigenvalue weighted by Crippen LogP contribution is -2.48. The molecule has 0 aromatic carbocycles. The van der Waals surface area contributed by atoms with Crippen molar-refractivity contribution in [3.63, 3.8) is 0 Å². The molecular formula is C12H13Cl2NO3S. The Balaban J connectivity index is 2.25. The first-order valence-electron chi connectivity index (χ1n) is 5.88. The number of amides is 1. The van der Waals surface area contributed by atoms with Gasteiger partial charge in [-0.3, -0.25) is 4.79 Å². The van der Waals surface area contributed by atoms with Crippen LogP contribution in [0.2, 0.25) is 8.67 Å². The lowest BCUT2D eigenvalue weighted by Gasteiger charge is -2.33. The van der Waals surface area contributed by atoms with E-state index in [1.165, 1.54) is 12.0 Å². The van der Waals surface area contributed by atoms with Crippen LogP contribution in [0.3, 0.4) is 0 Å². The number of thiophene rings is 1. The van der Waals surface area contributed by atoms with Crippen molar-refractivity contribution in [2.45, 2.75) is 25.3 Å². The van der Waals surface area contributed by atoms with Crippen LogP contribution in [-0.4, -0.2) is 36.5 Å². The number of esters is 1. The number of hydrogen-bond acceptors (Lipinski definition) is 4. The lowest BCUT2D eigenvalue weighted by atomic mass is 10.0. The normalized spacial score (nSPS) is 19.3. The predicted octanol–water partition coefficient (Wildman–Crippen LogP) is 3.22. The van der Waals surface area contributed by atoms with Crippen molar-refractivity contribution in [3.05, 3.63) is 20.3 Å². The minimum Gasteiger partial charge on any atom is -0.467 e. The van der Waals surface area contributed by atoms with Crippen molar-refractivity contribution in [1.29, 1.82) is 0 Å². The van der Waals surface area contributed by atoms with Crippen LogP contribution in [-0.2, 0) is 9.53 Å². The third-order valence-electron chi connectivity index (χ3n) is 3.12. The van der Waals surface area contributed by atoms with E-state index in [-0.39, 0.29) is 11.9 Å². The van der Waals surface area contributed by atoms with Crippen LogP contribution in [0.4, 0.5) is 0 Å². The number of rotatable bonds is 2. The summed E-state index contributed by atoms with van der Waals surface area (Å²) in [7, 11) is 1.33. The molecule has 2 heterocycles. The zero-order chi connectivity index (χ0) is 14.0. The number of piperidine rings is 1. The van der Waals surface area contributed by atoms with Crippen molar-refractivity contribution in [3.8, 4) is 0 Å². The van der Waals surface area contributed by atoms with Gasteiger partial charge in [-0.2, -0.15) is 0 Å². The maximum Gasteiger partial charge on any atom is 0.328 e. The second kappa shape index (κ2) is 6.11. The Morgan fingerprint density at radius 1 is 1.42 bits per heavy atom. The van der Waals surface area contributed by atoms with Crippen molar-refractivity contribution in [2.24, 2.45) is 0 Å². The molecule has 1 aromatic rings. The number of carbonyl (C=O) groups excluding carboxylic acids is 2. The second-order valence-electron chi connectivity index (χ2n) is 4.27. The molecule has 0 unspecified atom stereocenters. The van der Waals surface area contributed by atoms with E-state index < -0.39 is 6.04 Å². The Bertz CT molecular complexity index is 503. The zero-order valence-corrected chi connectivity index (χ0v) is 12.6. The molecule has 0 N–H and O–H groups in total. The largest absolute Gasteiger partial charge is 0.467 e. The van der Waals surface area contributed by atoms with Crippen molar-refractivity contribution in [2.75, 3.05) is 13.7 Å². The van der Waals surface area contributed by atoms with Crippen molar-refractivity contribution in [1.82, 2.24) is 4.90 Å². The Morgan fingerprint density at radius 2 is 2.16 bits per heavy atom. The van der Waals surface area contributed by atoms with Crippen LogP contribution in [0.25, 0.3) is 0 Å². The highest BCUT2D eigenvalue weighted by Gasteiger charge is 2.34. The van der Waals surface area contributed by atoms with Gasteiger partial charge < -0.3 is 9.64 Å². The van der Waals surface area contributed by atoms with E-state index in [2.05, 4.69) is 0 Å². The summed E-state index contributed by atoms with van der Waals surface area (Å²) in [6.45, 7) is 0.530. The van der Waals surface area contributed by atoms with Crippen LogP contribution in [0.15, 0.2) is 6.07 Å². The Labute approximate surface area is 125 Å². The molecule has 0 radical (unpaired) electrons. The van der Waals surface area contributed by atoms with Gasteiger partial charge >= 0.3 is 5.97 Å². The van der Waals surface area contributed by atoms with Crippen molar-refractivity contribution < 1.29 is 14.3 Å². The number of carbonyl (C=O) groups is 2. The first kappa shape index (κ1) is 14.6. The molecule has 19 heavy (non-hydrogen) atoms. The standard InChI is InChI=1S/C12H13Cl2NO3S/c1-18-12(17)8-4-2-3-5-15(8)11(16)7-6-9(13)19-10(7)14/h6,8H,2-5H2,1H3/t8-/m1/s1. The topological polar surface area (TPSA) is 46.6 Å². The van der Waals surface area contributed by atoms with Gasteiger partial charge in [0, 0.05) is 6.54 Å². The average Bonchev–Trinajstić information content (AvgIpc) is 2.76. The average molecular weight is 322 g/mol. The van der Waals surface area contributed by atoms with Gasteiger partial charge in [-0.05, 0) is 25.3 Å². The molecule has 1 saturated heterocycles. The Kier molecular flexibility index (Phi) is 4.71. The van der Waals surface area contributed by atoms with Gasteiger partial charge in [-0.25, -0.2) is 4.79 Å². The summed E-state index contributed by atoms with van der Waals surface area (Å²) < 4.78 is 5.56. The van der Waals surface area contributed by atoms with Crippen LogP contribution in [0.5, 0.6) is 0 Å². The number of hydrogen-bond donors (Lipinski definition) is 0. The van der Waals surface area contributed by atoms with Gasteiger partial charge in [0.1, 0.15) is 10.4 Å². The third kappa shape index (κ3) is 3.04. The summed E-state index contributed by atoms with van der Waals surface area (Å²) in [5, 5.41) is 0. The van der Waals surface area contributed by atoms with Crippen LogP contribution < -0.4 is 0 Å². The van der Waals surface area contributed by atoms with E-state index in [1.807, 2.05) is 0 Å². The monoisotopic (exact) mass is 321 g/mol. The fourth-order valence-corrected chi connectivity index (χ4v) is 3.64. The molecule has 0 saturated carbocycles. The fraction of sp³-hybridized carbons (Fsp3) is 0.500. The molecule has 0 aliphatic carbocycles. The first-order valence-corrected chi connectivity index (χ1v) is 7.45. The van der Waals surface area contributed by atoms with Gasteiger partial charge in [0.25, 0.3) is 5.91 Å². The van der Waals surface area contributed by atoms with Gasteiger partial charge in [0.2, 0.25) is 0 Å². The molecule has 1 atom stereocenters. The lowest BCUT2D eigenvalue weighted by molar-refractivity contribution is -0.147. The number of ether oxygens (including phenoxy) is 1. The van der Waals surface area contributed by atoms with Gasteiger partial charge in [0.15, 0.2) is 0 Å². The number of nitrogens with zero attached hydrogens (tertiary/aromatic N) is 1. The first-order chi connectivity index (χ1) is 9.04. The molecule has 104 valence electrons. The molecule has 1 fully saturated rings. The van der Waals surface area contributed by atoms with Crippen LogP contribution in [0.1, 0.15) is 29.6 Å². The summed E-state index contributed by atoms with van der Waals surface area (Å²) in [5.41, 5.74) is 0.354. The molecule has 1 aliphatic heterocycles.